The fraction of sp³-hybridized carbons (Fsp3) is 0.714. The third-order valence-corrected chi connectivity index (χ3v) is 4.76. The molecule has 1 aliphatic carbocycles. The van der Waals surface area contributed by atoms with Crippen molar-refractivity contribution >= 4 is 5.78 Å². The molecule has 100 valence electrons. The molecule has 0 unspecified atom stereocenters. The zero-order valence-electron chi connectivity index (χ0n) is 11.9. The van der Waals surface area contributed by atoms with Gasteiger partial charge in [0.15, 0.2) is 5.78 Å². The molecular weight excluding hydrogens is 228 g/mol. The lowest BCUT2D eigenvalue weighted by Crippen LogP contribution is -2.16. The molecule has 0 aliphatic heterocycles. The van der Waals surface area contributed by atoms with Crippen LogP contribution in [0.15, 0.2) is 12.3 Å². The van der Waals surface area contributed by atoms with Gasteiger partial charge < -0.3 is 4.74 Å². The Morgan fingerprint density at radius 2 is 2.00 bits per heavy atom. The van der Waals surface area contributed by atoms with E-state index in [9.17, 15) is 4.79 Å². The van der Waals surface area contributed by atoms with Crippen molar-refractivity contribution in [3.63, 3.8) is 0 Å². The summed E-state index contributed by atoms with van der Waals surface area (Å²) in [6.45, 7) is 9.82. The number of hydrogen-bond acceptors (Lipinski definition) is 3. The highest BCUT2D eigenvalue weighted by atomic mass is 16.5. The van der Waals surface area contributed by atoms with Crippen LogP contribution in [-0.4, -0.2) is 29.3 Å². The summed E-state index contributed by atoms with van der Waals surface area (Å²) in [5.41, 5.74) is 0.844. The van der Waals surface area contributed by atoms with Crippen molar-refractivity contribution < 1.29 is 9.53 Å². The summed E-state index contributed by atoms with van der Waals surface area (Å²) in [7, 11) is 1.65. The Labute approximate surface area is 108 Å². The van der Waals surface area contributed by atoms with Gasteiger partial charge in [-0.1, -0.05) is 27.7 Å². The van der Waals surface area contributed by atoms with Crippen LogP contribution in [0.1, 0.15) is 38.2 Å². The van der Waals surface area contributed by atoms with Crippen molar-refractivity contribution in [1.29, 1.82) is 0 Å². The molecule has 18 heavy (non-hydrogen) atoms. The van der Waals surface area contributed by atoms with Gasteiger partial charge in [0.2, 0.25) is 0 Å². The fourth-order valence-corrected chi connectivity index (χ4v) is 2.90. The van der Waals surface area contributed by atoms with E-state index in [1.807, 2.05) is 6.07 Å². The number of nitrogens with zero attached hydrogens (tertiary/aromatic N) is 2. The van der Waals surface area contributed by atoms with Gasteiger partial charge >= 0.3 is 0 Å². The molecule has 0 amide bonds. The topological polar surface area (TPSA) is 44.1 Å². The van der Waals surface area contributed by atoms with Crippen LogP contribution < -0.4 is 0 Å². The van der Waals surface area contributed by atoms with E-state index < -0.39 is 0 Å². The first-order valence-electron chi connectivity index (χ1n) is 6.39. The van der Waals surface area contributed by atoms with Crippen molar-refractivity contribution in [2.45, 2.75) is 34.2 Å². The molecule has 0 aromatic carbocycles. The minimum absolute atomic E-state index is 0.0699. The molecule has 4 heteroatoms. The number of hydrogen-bond donors (Lipinski definition) is 0. The molecule has 1 heterocycles. The van der Waals surface area contributed by atoms with Crippen molar-refractivity contribution in [3.8, 4) is 0 Å². The van der Waals surface area contributed by atoms with E-state index in [0.717, 1.165) is 0 Å². The first-order valence-corrected chi connectivity index (χ1v) is 6.39. The summed E-state index contributed by atoms with van der Waals surface area (Å²) < 4.78 is 6.78. The number of methoxy groups -OCH3 is 1. The van der Waals surface area contributed by atoms with Crippen LogP contribution in [0.2, 0.25) is 0 Å². The average molecular weight is 250 g/mol. The molecule has 2 rings (SSSR count). The number of ether oxygens (including phenoxy) is 1. The number of aromatic nitrogens is 2. The molecule has 0 bridgehead atoms. The van der Waals surface area contributed by atoms with Gasteiger partial charge in [0, 0.05) is 19.2 Å². The second-order valence-corrected chi connectivity index (χ2v) is 6.17. The first-order chi connectivity index (χ1) is 8.34. The number of carbonyl (C=O) groups excluding carboxylic acids is 1. The molecule has 0 atom stereocenters. The third-order valence-electron chi connectivity index (χ3n) is 4.76. The van der Waals surface area contributed by atoms with E-state index in [-0.39, 0.29) is 22.5 Å². The lowest BCUT2D eigenvalue weighted by Gasteiger charge is -2.07. The Morgan fingerprint density at radius 3 is 2.50 bits per heavy atom. The maximum Gasteiger partial charge on any atom is 0.185 e. The summed E-state index contributed by atoms with van der Waals surface area (Å²) in [5.74, 6) is 0.293. The van der Waals surface area contributed by atoms with E-state index in [0.29, 0.717) is 18.8 Å². The second kappa shape index (κ2) is 4.19. The van der Waals surface area contributed by atoms with E-state index in [4.69, 9.17) is 4.74 Å². The predicted molar refractivity (Wildman–Crippen MR) is 69.5 cm³/mol. The van der Waals surface area contributed by atoms with Crippen LogP contribution in [0, 0.1) is 16.7 Å². The average Bonchev–Trinajstić information content (AvgIpc) is 2.68. The number of ketones is 1. The quantitative estimate of drug-likeness (QED) is 0.754. The highest BCUT2D eigenvalue weighted by Gasteiger charge is 2.68. The van der Waals surface area contributed by atoms with Crippen molar-refractivity contribution in [3.05, 3.63) is 18.0 Å². The molecule has 0 spiro atoms. The van der Waals surface area contributed by atoms with Crippen LogP contribution in [0.5, 0.6) is 0 Å². The van der Waals surface area contributed by atoms with E-state index in [1.165, 1.54) is 0 Å². The summed E-state index contributed by atoms with van der Waals surface area (Å²) in [6.07, 6.45) is 1.69. The Hall–Kier alpha value is -1.16. The summed E-state index contributed by atoms with van der Waals surface area (Å²) >= 11 is 0. The van der Waals surface area contributed by atoms with E-state index in [2.05, 4.69) is 32.8 Å². The monoisotopic (exact) mass is 250 g/mol. The smallest absolute Gasteiger partial charge is 0.185 e. The van der Waals surface area contributed by atoms with Gasteiger partial charge in [-0.15, -0.1) is 0 Å². The summed E-state index contributed by atoms with van der Waals surface area (Å²) in [4.78, 5) is 12.6. The lowest BCUT2D eigenvalue weighted by atomic mass is 10.0. The Bertz CT molecular complexity index is 446. The van der Waals surface area contributed by atoms with Gasteiger partial charge in [0.25, 0.3) is 0 Å². The summed E-state index contributed by atoms with van der Waals surface area (Å²) in [6, 6.07) is 1.81. The SMILES string of the molecule is COCCn1nccc1C(=O)C1C(C)(C)C1(C)C. The van der Waals surface area contributed by atoms with Gasteiger partial charge in [0.05, 0.1) is 13.2 Å². The largest absolute Gasteiger partial charge is 0.383 e. The maximum absolute atomic E-state index is 12.6. The van der Waals surface area contributed by atoms with E-state index >= 15 is 0 Å². The van der Waals surface area contributed by atoms with Crippen molar-refractivity contribution in [2.75, 3.05) is 13.7 Å². The predicted octanol–water partition coefficient (Wildman–Crippen LogP) is 2.39. The number of Topliss-reactive ketones (excluding diaryl/α,β-unsaturated/α-hetero) is 1. The minimum atomic E-state index is 0.0699. The molecule has 0 radical (unpaired) electrons. The summed E-state index contributed by atoms with van der Waals surface area (Å²) in [5, 5.41) is 4.20. The Morgan fingerprint density at radius 1 is 1.39 bits per heavy atom. The van der Waals surface area contributed by atoms with Crippen LogP contribution in [-0.2, 0) is 11.3 Å². The molecule has 1 aromatic heterocycles. The molecule has 1 fully saturated rings. The highest BCUT2D eigenvalue weighted by molar-refractivity contribution is 5.99. The molecule has 1 saturated carbocycles. The van der Waals surface area contributed by atoms with Crippen molar-refractivity contribution in [2.24, 2.45) is 16.7 Å². The minimum Gasteiger partial charge on any atom is -0.383 e. The molecule has 1 aliphatic rings. The third kappa shape index (κ3) is 1.79. The second-order valence-electron chi connectivity index (χ2n) is 6.17. The standard InChI is InChI=1S/C14H22N2O2/c1-13(2)12(14(13,3)4)11(17)10-6-7-15-16(10)8-9-18-5/h6-7,12H,8-9H2,1-5H3. The van der Waals surface area contributed by atoms with Crippen LogP contribution in [0.25, 0.3) is 0 Å². The Kier molecular flexibility index (Phi) is 3.09. The molecule has 1 aromatic rings. The highest BCUT2D eigenvalue weighted by Crippen LogP contribution is 2.69. The normalized spacial score (nSPS) is 20.9. The number of rotatable bonds is 5. The fourth-order valence-electron chi connectivity index (χ4n) is 2.90. The zero-order valence-corrected chi connectivity index (χ0v) is 11.9. The van der Waals surface area contributed by atoms with Gasteiger partial charge in [0.1, 0.15) is 5.69 Å². The van der Waals surface area contributed by atoms with Crippen LogP contribution in [0.4, 0.5) is 0 Å². The molecular formula is C14H22N2O2. The van der Waals surface area contributed by atoms with Crippen molar-refractivity contribution in [1.82, 2.24) is 9.78 Å². The van der Waals surface area contributed by atoms with Gasteiger partial charge in [-0.3, -0.25) is 9.48 Å². The van der Waals surface area contributed by atoms with Crippen LogP contribution >= 0.6 is 0 Å². The lowest BCUT2D eigenvalue weighted by molar-refractivity contribution is 0.0930. The Balaban J connectivity index is 2.19. The van der Waals surface area contributed by atoms with Gasteiger partial charge in [-0.25, -0.2) is 0 Å². The van der Waals surface area contributed by atoms with E-state index in [1.54, 1.807) is 18.0 Å². The maximum atomic E-state index is 12.6. The molecule has 0 N–H and O–H groups in total. The zero-order chi connectivity index (χ0) is 13.6. The van der Waals surface area contributed by atoms with Gasteiger partial charge in [-0.05, 0) is 16.9 Å². The molecule has 4 nitrogen and oxygen atoms in total. The number of carbonyl (C=O) groups is 1. The van der Waals surface area contributed by atoms with Gasteiger partial charge in [-0.2, -0.15) is 5.10 Å². The van der Waals surface area contributed by atoms with Crippen LogP contribution in [0.3, 0.4) is 0 Å². The molecule has 0 saturated heterocycles. The first kappa shape index (κ1) is 13.3.